The number of ether oxygens (including phenoxy) is 1. The fourth-order valence-corrected chi connectivity index (χ4v) is 2.05. The topological polar surface area (TPSA) is 43.4 Å². The molecule has 1 atom stereocenters. The van der Waals surface area contributed by atoms with Gasteiger partial charge in [-0.3, -0.25) is 0 Å². The molecule has 5 heteroatoms. The predicted octanol–water partition coefficient (Wildman–Crippen LogP) is 2.60. The fraction of sp³-hybridized carbons (Fsp3) is 0.222. The van der Waals surface area contributed by atoms with Crippen LogP contribution < -0.4 is 0 Å². The van der Waals surface area contributed by atoms with Crippen molar-refractivity contribution in [3.63, 3.8) is 0 Å². The number of halogens is 1. The first-order valence-electron chi connectivity index (χ1n) is 4.00. The van der Waals surface area contributed by atoms with E-state index < -0.39 is 16.1 Å². The van der Waals surface area contributed by atoms with Crippen molar-refractivity contribution >= 4 is 27.7 Å². The van der Waals surface area contributed by atoms with Gasteiger partial charge >= 0.3 is 5.30 Å². The fourth-order valence-electron chi connectivity index (χ4n) is 0.856. The SMILES string of the molecule is CCOC(=O)S(=O)c1ccccc1Cl. The summed E-state index contributed by atoms with van der Waals surface area (Å²) in [6, 6.07) is 6.48. The van der Waals surface area contributed by atoms with Gasteiger partial charge < -0.3 is 4.74 Å². The van der Waals surface area contributed by atoms with E-state index in [0.717, 1.165) is 0 Å². The van der Waals surface area contributed by atoms with Crippen LogP contribution >= 0.6 is 11.6 Å². The quantitative estimate of drug-likeness (QED) is 0.737. The summed E-state index contributed by atoms with van der Waals surface area (Å²) in [4.78, 5) is 11.4. The molecule has 0 aliphatic rings. The molecule has 0 amide bonds. The van der Waals surface area contributed by atoms with Gasteiger partial charge in [-0.05, 0) is 19.1 Å². The Bertz CT molecular complexity index is 365. The van der Waals surface area contributed by atoms with Crippen LogP contribution in [0.2, 0.25) is 5.02 Å². The van der Waals surface area contributed by atoms with Crippen LogP contribution in [0, 0.1) is 0 Å². The number of benzene rings is 1. The van der Waals surface area contributed by atoms with E-state index in [1.807, 2.05) is 0 Å². The molecule has 3 nitrogen and oxygen atoms in total. The Morgan fingerprint density at radius 2 is 2.14 bits per heavy atom. The first-order valence-corrected chi connectivity index (χ1v) is 5.52. The molecule has 1 unspecified atom stereocenters. The zero-order valence-electron chi connectivity index (χ0n) is 7.53. The molecule has 0 bridgehead atoms. The van der Waals surface area contributed by atoms with Crippen LogP contribution in [0.1, 0.15) is 6.92 Å². The van der Waals surface area contributed by atoms with E-state index in [-0.39, 0.29) is 11.5 Å². The standard InChI is InChI=1S/C9H9ClO3S/c1-2-13-9(11)14(12)8-6-4-3-5-7(8)10/h3-6H,2H2,1H3. The Balaban J connectivity index is 2.90. The average Bonchev–Trinajstić information content (AvgIpc) is 2.18. The van der Waals surface area contributed by atoms with Gasteiger partial charge in [-0.25, -0.2) is 9.00 Å². The first-order chi connectivity index (χ1) is 6.66. The summed E-state index contributed by atoms with van der Waals surface area (Å²) in [6.07, 6.45) is 0. The van der Waals surface area contributed by atoms with E-state index in [1.165, 1.54) is 6.07 Å². The third-order valence-electron chi connectivity index (χ3n) is 1.45. The number of hydrogen-bond acceptors (Lipinski definition) is 3. The lowest BCUT2D eigenvalue weighted by Gasteiger charge is -2.02. The van der Waals surface area contributed by atoms with Crippen LogP contribution in [0.4, 0.5) is 4.79 Å². The highest BCUT2D eigenvalue weighted by Gasteiger charge is 2.17. The number of rotatable bonds is 2. The molecule has 0 spiro atoms. The summed E-state index contributed by atoms with van der Waals surface area (Å²) in [5.74, 6) is 0. The average molecular weight is 233 g/mol. The molecule has 0 radical (unpaired) electrons. The molecular weight excluding hydrogens is 224 g/mol. The maximum Gasteiger partial charge on any atom is 0.402 e. The van der Waals surface area contributed by atoms with Crippen LogP contribution in [0.15, 0.2) is 29.2 Å². The largest absolute Gasteiger partial charge is 0.456 e. The Kier molecular flexibility index (Phi) is 4.10. The number of carbonyl (C=O) groups is 1. The van der Waals surface area contributed by atoms with Crippen molar-refractivity contribution in [2.24, 2.45) is 0 Å². The van der Waals surface area contributed by atoms with Gasteiger partial charge in [0.25, 0.3) is 0 Å². The third kappa shape index (κ3) is 2.56. The summed E-state index contributed by atoms with van der Waals surface area (Å²) >= 11 is 5.76. The van der Waals surface area contributed by atoms with E-state index in [1.54, 1.807) is 25.1 Å². The molecule has 0 N–H and O–H groups in total. The predicted molar refractivity (Wildman–Crippen MR) is 54.9 cm³/mol. The van der Waals surface area contributed by atoms with Crippen LogP contribution in [0.25, 0.3) is 0 Å². The van der Waals surface area contributed by atoms with Gasteiger partial charge in [0.2, 0.25) is 0 Å². The lowest BCUT2D eigenvalue weighted by Crippen LogP contribution is -2.09. The second kappa shape index (κ2) is 5.12. The molecule has 76 valence electrons. The van der Waals surface area contributed by atoms with E-state index >= 15 is 0 Å². The van der Waals surface area contributed by atoms with E-state index in [4.69, 9.17) is 11.6 Å². The maximum atomic E-state index is 11.5. The third-order valence-corrected chi connectivity index (χ3v) is 3.07. The smallest absolute Gasteiger partial charge is 0.402 e. The second-order valence-corrected chi connectivity index (χ2v) is 4.10. The molecule has 1 aromatic rings. The van der Waals surface area contributed by atoms with Gasteiger partial charge in [0, 0.05) is 0 Å². The van der Waals surface area contributed by atoms with Gasteiger partial charge in [-0.1, -0.05) is 23.7 Å². The van der Waals surface area contributed by atoms with E-state index in [9.17, 15) is 9.00 Å². The summed E-state index contributed by atoms with van der Waals surface area (Å²) < 4.78 is 16.1. The van der Waals surface area contributed by atoms with Gasteiger partial charge in [0.15, 0.2) is 10.8 Å². The lowest BCUT2D eigenvalue weighted by atomic mass is 10.4. The molecule has 14 heavy (non-hydrogen) atoms. The molecule has 0 heterocycles. The molecule has 0 fully saturated rings. The minimum Gasteiger partial charge on any atom is -0.456 e. The van der Waals surface area contributed by atoms with Crippen molar-refractivity contribution < 1.29 is 13.7 Å². The number of hydrogen-bond donors (Lipinski definition) is 0. The minimum atomic E-state index is -1.83. The van der Waals surface area contributed by atoms with Gasteiger partial charge in [0.05, 0.1) is 16.5 Å². The highest BCUT2D eigenvalue weighted by molar-refractivity contribution is 8.00. The Morgan fingerprint density at radius 1 is 1.50 bits per heavy atom. The zero-order valence-corrected chi connectivity index (χ0v) is 9.10. The molecule has 1 aromatic carbocycles. The molecule has 0 saturated carbocycles. The summed E-state index contributed by atoms with van der Waals surface area (Å²) in [5, 5.41) is -0.459. The van der Waals surface area contributed by atoms with Crippen LogP contribution in [-0.4, -0.2) is 16.1 Å². The van der Waals surface area contributed by atoms with Crippen molar-refractivity contribution in [2.45, 2.75) is 11.8 Å². The minimum absolute atomic E-state index is 0.203. The van der Waals surface area contributed by atoms with E-state index in [2.05, 4.69) is 4.74 Å². The van der Waals surface area contributed by atoms with Crippen LogP contribution in [0.3, 0.4) is 0 Å². The van der Waals surface area contributed by atoms with Gasteiger partial charge in [-0.15, -0.1) is 0 Å². The second-order valence-electron chi connectivity index (χ2n) is 2.38. The lowest BCUT2D eigenvalue weighted by molar-refractivity contribution is 0.180. The van der Waals surface area contributed by atoms with E-state index in [0.29, 0.717) is 5.02 Å². The first kappa shape index (κ1) is 11.2. The van der Waals surface area contributed by atoms with Crippen molar-refractivity contribution in [1.82, 2.24) is 0 Å². The number of carbonyl (C=O) groups excluding carboxylic acids is 1. The Hall–Kier alpha value is -0.870. The highest BCUT2D eigenvalue weighted by atomic mass is 35.5. The summed E-state index contributed by atoms with van der Waals surface area (Å²) in [5.41, 5.74) is 0. The van der Waals surface area contributed by atoms with Crippen molar-refractivity contribution in [3.05, 3.63) is 29.3 Å². The molecule has 0 aliphatic carbocycles. The Morgan fingerprint density at radius 3 is 2.71 bits per heavy atom. The summed E-state index contributed by atoms with van der Waals surface area (Å²) in [6.45, 7) is 1.86. The van der Waals surface area contributed by atoms with Gasteiger partial charge in [-0.2, -0.15) is 0 Å². The monoisotopic (exact) mass is 232 g/mol. The van der Waals surface area contributed by atoms with Crippen LogP contribution in [0.5, 0.6) is 0 Å². The molecular formula is C9H9ClO3S. The van der Waals surface area contributed by atoms with Crippen molar-refractivity contribution in [3.8, 4) is 0 Å². The summed E-state index contributed by atoms with van der Waals surface area (Å²) in [7, 11) is -1.83. The molecule has 0 aromatic heterocycles. The highest BCUT2D eigenvalue weighted by Crippen LogP contribution is 2.19. The zero-order chi connectivity index (χ0) is 10.6. The van der Waals surface area contributed by atoms with Crippen molar-refractivity contribution in [1.29, 1.82) is 0 Å². The molecule has 1 rings (SSSR count). The maximum absolute atomic E-state index is 11.5. The molecule has 0 saturated heterocycles. The molecule has 0 aliphatic heterocycles. The normalized spacial score (nSPS) is 12.1. The Labute approximate surface area is 89.5 Å². The van der Waals surface area contributed by atoms with Crippen LogP contribution in [-0.2, 0) is 15.5 Å². The van der Waals surface area contributed by atoms with Gasteiger partial charge in [0.1, 0.15) is 0 Å². The van der Waals surface area contributed by atoms with Crippen molar-refractivity contribution in [2.75, 3.05) is 6.61 Å².